The van der Waals surface area contributed by atoms with Crippen molar-refractivity contribution in [3.63, 3.8) is 0 Å². The number of nitrogens with two attached hydrogens (primary N) is 2. The number of H-pyrrole nitrogens is 1. The number of nitrogens with one attached hydrogen (secondary N) is 1. The molecule has 0 bridgehead atoms. The van der Waals surface area contributed by atoms with Crippen LogP contribution < -0.4 is 11.5 Å². The second-order valence-electron chi connectivity index (χ2n) is 8.16. The molecule has 154 valence electrons. The van der Waals surface area contributed by atoms with E-state index in [1.807, 2.05) is 24.3 Å². The first-order valence-corrected chi connectivity index (χ1v) is 10.5. The van der Waals surface area contributed by atoms with Gasteiger partial charge >= 0.3 is 0 Å². The minimum absolute atomic E-state index is 0.343. The normalized spacial score (nSPS) is 16.5. The first kappa shape index (κ1) is 19.0. The number of carbonyl (C=O) groups excluding carboxylic acids is 3. The molecule has 3 amide bonds. The molecule has 1 aromatic heterocycles. The number of imide groups is 3. The fourth-order valence-electron chi connectivity index (χ4n) is 4.96. The standard InChI is InChI=1S/C23H24N4O3/c24-11-4-3-9-15(25)21(28)27-22(29)18-12-7-5-8-13(12)20-17(19(18)23(27)30)14-6-1-2-10-16(14)26-20/h1-2,6,10,15,26H,3-5,7-9,11,24-25H2/t15-/m0/s1. The average Bonchev–Trinajstić information content (AvgIpc) is 3.42. The van der Waals surface area contributed by atoms with Crippen LogP contribution in [0.1, 0.15) is 57.5 Å². The predicted molar refractivity (Wildman–Crippen MR) is 114 cm³/mol. The molecule has 0 unspecified atom stereocenters. The summed E-state index contributed by atoms with van der Waals surface area (Å²) in [6, 6.07) is 6.84. The van der Waals surface area contributed by atoms with Crippen LogP contribution in [0.15, 0.2) is 24.3 Å². The highest BCUT2D eigenvalue weighted by Crippen LogP contribution is 2.43. The van der Waals surface area contributed by atoms with Crippen molar-refractivity contribution in [2.24, 2.45) is 11.5 Å². The second-order valence-corrected chi connectivity index (χ2v) is 8.16. The number of carbonyl (C=O) groups is 3. The lowest BCUT2D eigenvalue weighted by atomic mass is 9.94. The van der Waals surface area contributed by atoms with Gasteiger partial charge in [-0.1, -0.05) is 24.6 Å². The van der Waals surface area contributed by atoms with Gasteiger partial charge in [0.05, 0.1) is 22.7 Å². The Kier molecular flexibility index (Phi) is 4.45. The molecule has 0 radical (unpaired) electrons. The topological polar surface area (TPSA) is 122 Å². The lowest BCUT2D eigenvalue weighted by Crippen LogP contribution is -2.46. The molecule has 0 saturated carbocycles. The molecule has 30 heavy (non-hydrogen) atoms. The van der Waals surface area contributed by atoms with Crippen LogP contribution >= 0.6 is 0 Å². The van der Waals surface area contributed by atoms with Gasteiger partial charge in [0.2, 0.25) is 0 Å². The lowest BCUT2D eigenvalue weighted by Gasteiger charge is -2.17. The third-order valence-corrected chi connectivity index (χ3v) is 6.37. The van der Waals surface area contributed by atoms with Gasteiger partial charge in [-0.2, -0.15) is 0 Å². The maximum atomic E-state index is 13.4. The largest absolute Gasteiger partial charge is 0.354 e. The number of hydrogen-bond donors (Lipinski definition) is 3. The van der Waals surface area contributed by atoms with E-state index in [1.165, 1.54) is 0 Å². The summed E-state index contributed by atoms with van der Waals surface area (Å²) in [5, 5.41) is 1.63. The van der Waals surface area contributed by atoms with E-state index in [0.717, 1.165) is 63.5 Å². The van der Waals surface area contributed by atoms with Crippen molar-refractivity contribution in [2.45, 2.75) is 44.6 Å². The molecule has 1 atom stereocenters. The fourth-order valence-corrected chi connectivity index (χ4v) is 4.96. The molecule has 0 saturated heterocycles. The minimum Gasteiger partial charge on any atom is -0.354 e. The first-order chi connectivity index (χ1) is 14.5. The molecule has 1 aliphatic carbocycles. The smallest absolute Gasteiger partial charge is 0.269 e. The number of unbranched alkanes of at least 4 members (excludes halogenated alkanes) is 1. The van der Waals surface area contributed by atoms with Gasteiger partial charge in [0.15, 0.2) is 0 Å². The number of amides is 3. The van der Waals surface area contributed by atoms with Gasteiger partial charge in [-0.3, -0.25) is 14.4 Å². The van der Waals surface area contributed by atoms with Gasteiger partial charge < -0.3 is 16.5 Å². The van der Waals surface area contributed by atoms with Crippen molar-refractivity contribution in [3.8, 4) is 0 Å². The summed E-state index contributed by atoms with van der Waals surface area (Å²) < 4.78 is 0. The molecule has 0 fully saturated rings. The number of aromatic amines is 1. The van der Waals surface area contributed by atoms with Gasteiger partial charge in [-0.05, 0) is 55.8 Å². The third-order valence-electron chi connectivity index (χ3n) is 6.37. The minimum atomic E-state index is -0.898. The van der Waals surface area contributed by atoms with Crippen LogP contribution in [-0.4, -0.2) is 40.2 Å². The van der Waals surface area contributed by atoms with Gasteiger partial charge in [0.1, 0.15) is 0 Å². The molecule has 0 spiro atoms. The zero-order valence-corrected chi connectivity index (χ0v) is 16.7. The highest BCUT2D eigenvalue weighted by Gasteiger charge is 2.46. The monoisotopic (exact) mass is 404 g/mol. The van der Waals surface area contributed by atoms with Crippen LogP contribution in [-0.2, 0) is 17.6 Å². The number of fused-ring (bicyclic) bond motifs is 8. The zero-order chi connectivity index (χ0) is 21.0. The Labute approximate surface area is 173 Å². The number of nitrogens with zero attached hydrogens (tertiary/aromatic N) is 1. The summed E-state index contributed by atoms with van der Waals surface area (Å²) in [5.74, 6) is -1.71. The van der Waals surface area contributed by atoms with Crippen molar-refractivity contribution in [1.82, 2.24) is 9.88 Å². The SMILES string of the molecule is NCCCC[C@H](N)C(=O)N1C(=O)c2c3c(c4[nH]c5ccccc5c4c2C1=O)CCC3. The van der Waals surface area contributed by atoms with Crippen molar-refractivity contribution < 1.29 is 14.4 Å². The molecule has 2 aliphatic rings. The maximum Gasteiger partial charge on any atom is 0.269 e. The van der Waals surface area contributed by atoms with E-state index in [1.54, 1.807) is 0 Å². The molecule has 5 N–H and O–H groups in total. The van der Waals surface area contributed by atoms with E-state index in [9.17, 15) is 14.4 Å². The van der Waals surface area contributed by atoms with E-state index < -0.39 is 23.8 Å². The second kappa shape index (κ2) is 7.04. The number of hydrogen-bond acceptors (Lipinski definition) is 5. The Morgan fingerprint density at radius 1 is 1.07 bits per heavy atom. The molecule has 1 aliphatic heterocycles. The van der Waals surface area contributed by atoms with Crippen LogP contribution in [0.5, 0.6) is 0 Å². The van der Waals surface area contributed by atoms with Crippen molar-refractivity contribution >= 4 is 39.5 Å². The summed E-state index contributed by atoms with van der Waals surface area (Å²) in [7, 11) is 0. The molecule has 5 rings (SSSR count). The van der Waals surface area contributed by atoms with Crippen LogP contribution in [0.4, 0.5) is 0 Å². The zero-order valence-electron chi connectivity index (χ0n) is 16.7. The first-order valence-electron chi connectivity index (χ1n) is 10.5. The summed E-state index contributed by atoms with van der Waals surface area (Å²) in [6.07, 6.45) is 4.31. The Balaban J connectivity index is 1.67. The summed E-state index contributed by atoms with van der Waals surface area (Å²) in [5.41, 5.74) is 16.1. The van der Waals surface area contributed by atoms with Gasteiger partial charge in [-0.25, -0.2) is 4.90 Å². The van der Waals surface area contributed by atoms with E-state index in [-0.39, 0.29) is 0 Å². The highest BCUT2D eigenvalue weighted by atomic mass is 16.2. The number of rotatable bonds is 5. The van der Waals surface area contributed by atoms with Crippen LogP contribution in [0.2, 0.25) is 0 Å². The average molecular weight is 404 g/mol. The number of para-hydroxylation sites is 1. The number of aryl methyl sites for hydroxylation is 1. The molecule has 3 aromatic rings. The van der Waals surface area contributed by atoms with Gasteiger partial charge in [-0.15, -0.1) is 0 Å². The molecule has 2 heterocycles. The molecular formula is C23H24N4O3. The lowest BCUT2D eigenvalue weighted by molar-refractivity contribution is -0.127. The van der Waals surface area contributed by atoms with Crippen molar-refractivity contribution in [2.75, 3.05) is 6.54 Å². The summed E-state index contributed by atoms with van der Waals surface area (Å²) in [4.78, 5) is 44.0. The van der Waals surface area contributed by atoms with Crippen LogP contribution in [0.3, 0.4) is 0 Å². The Morgan fingerprint density at radius 2 is 1.80 bits per heavy atom. The quantitative estimate of drug-likeness (QED) is 0.445. The van der Waals surface area contributed by atoms with E-state index in [2.05, 4.69) is 4.98 Å². The van der Waals surface area contributed by atoms with Crippen LogP contribution in [0, 0.1) is 0 Å². The summed E-state index contributed by atoms with van der Waals surface area (Å²) >= 11 is 0. The van der Waals surface area contributed by atoms with Crippen LogP contribution in [0.25, 0.3) is 21.8 Å². The number of aromatic nitrogens is 1. The molecule has 2 aromatic carbocycles. The molecule has 7 heteroatoms. The van der Waals surface area contributed by atoms with Gasteiger partial charge in [0.25, 0.3) is 17.7 Å². The summed E-state index contributed by atoms with van der Waals surface area (Å²) in [6.45, 7) is 0.513. The maximum absolute atomic E-state index is 13.4. The number of benzene rings is 2. The van der Waals surface area contributed by atoms with E-state index in [0.29, 0.717) is 30.5 Å². The third kappa shape index (κ3) is 2.55. The molecule has 7 nitrogen and oxygen atoms in total. The van der Waals surface area contributed by atoms with E-state index >= 15 is 0 Å². The highest BCUT2D eigenvalue weighted by molar-refractivity contribution is 6.36. The Bertz CT molecular complexity index is 1230. The van der Waals surface area contributed by atoms with Crippen molar-refractivity contribution in [1.29, 1.82) is 0 Å². The van der Waals surface area contributed by atoms with Crippen molar-refractivity contribution in [3.05, 3.63) is 46.5 Å². The molecular weight excluding hydrogens is 380 g/mol. The fraction of sp³-hybridized carbons (Fsp3) is 0.348. The Hall–Kier alpha value is -3.03. The van der Waals surface area contributed by atoms with Gasteiger partial charge in [0, 0.05) is 16.3 Å². The Morgan fingerprint density at radius 3 is 2.60 bits per heavy atom. The predicted octanol–water partition coefficient (Wildman–Crippen LogP) is 2.39. The van der Waals surface area contributed by atoms with E-state index in [4.69, 9.17) is 11.5 Å².